The first kappa shape index (κ1) is 59.1. The second kappa shape index (κ2) is 26.0. The van der Waals surface area contributed by atoms with Gasteiger partial charge in [-0.1, -0.05) is 121 Å². The van der Waals surface area contributed by atoms with Crippen molar-refractivity contribution in [3.63, 3.8) is 0 Å². The molecule has 0 radical (unpaired) electrons. The summed E-state index contributed by atoms with van der Waals surface area (Å²) in [6.07, 6.45) is 1.25. The number of carbonyl (C=O) groups excluding carboxylic acids is 4. The van der Waals surface area contributed by atoms with Crippen molar-refractivity contribution < 1.29 is 43.2 Å². The highest BCUT2D eigenvalue weighted by atomic mass is 16.6. The Labute approximate surface area is 462 Å². The van der Waals surface area contributed by atoms with Gasteiger partial charge in [0, 0.05) is 43.8 Å². The molecule has 0 saturated carbocycles. The molecule has 2 aliphatic rings. The molecule has 7 N–H and O–H groups in total. The van der Waals surface area contributed by atoms with Gasteiger partial charge in [-0.3, -0.25) is 9.59 Å². The smallest absolute Gasteiger partial charge is 0.408 e. The highest BCUT2D eigenvalue weighted by Gasteiger charge is 2.42. The van der Waals surface area contributed by atoms with Crippen LogP contribution in [-0.4, -0.2) is 109 Å². The van der Waals surface area contributed by atoms with Crippen molar-refractivity contribution in [2.45, 2.75) is 140 Å². The molecule has 0 saturated heterocycles. The number of aromatic nitrogens is 6. The molecule has 4 amide bonds. The van der Waals surface area contributed by atoms with Crippen LogP contribution in [0.15, 0.2) is 121 Å². The minimum absolute atomic E-state index is 0.00984. The Morgan fingerprint density at radius 1 is 0.620 bits per heavy atom. The van der Waals surface area contributed by atoms with E-state index < -0.39 is 57.7 Å². The monoisotopic (exact) mass is 1080 g/mol. The first-order valence-corrected chi connectivity index (χ1v) is 26.7. The van der Waals surface area contributed by atoms with Gasteiger partial charge in [-0.25, -0.2) is 9.59 Å². The number of amides is 4. The Hall–Kier alpha value is -7.52. The third kappa shape index (κ3) is 15.6. The summed E-state index contributed by atoms with van der Waals surface area (Å²) in [5.74, 6) is 1.94. The van der Waals surface area contributed by atoms with E-state index in [-0.39, 0.29) is 32.3 Å². The quantitative estimate of drug-likeness (QED) is 0.0480. The van der Waals surface area contributed by atoms with Crippen LogP contribution in [0.2, 0.25) is 0 Å². The first-order valence-electron chi connectivity index (χ1n) is 26.7. The van der Waals surface area contributed by atoms with Crippen molar-refractivity contribution in [3.05, 3.63) is 167 Å². The van der Waals surface area contributed by atoms with Gasteiger partial charge < -0.3 is 60.2 Å². The third-order valence-corrected chi connectivity index (χ3v) is 14.1. The van der Waals surface area contributed by atoms with Crippen molar-refractivity contribution in [1.29, 1.82) is 0 Å². The number of rotatable bonds is 20. The summed E-state index contributed by atoms with van der Waals surface area (Å²) in [5, 5.41) is 39.6. The number of benzene rings is 4. The lowest BCUT2D eigenvalue weighted by molar-refractivity contribution is -0.128. The van der Waals surface area contributed by atoms with Crippen molar-refractivity contribution in [1.82, 2.24) is 50.8 Å². The van der Waals surface area contributed by atoms with Crippen molar-refractivity contribution >= 4 is 24.0 Å². The zero-order valence-corrected chi connectivity index (χ0v) is 46.7. The third-order valence-electron chi connectivity index (χ3n) is 14.1. The SMILES string of the molecule is CC(C)(C)OC(=O)NC(C)(C)C(=O)N[C@H](COCc1ccccc1)c1nnc2n1CCC(CO)(c1ccccc1)C2.CNC(=O)OCC1(c2ccccc2)CCn2c(nnc2[C@@H](COCc2ccccc2)NC(=O)C(C)(C)N)C1. The number of aliphatic hydroxyl groups excluding tert-OH is 1. The van der Waals surface area contributed by atoms with Gasteiger partial charge in [0.15, 0.2) is 11.6 Å². The number of carbonyl (C=O) groups is 4. The molecule has 20 nitrogen and oxygen atoms in total. The predicted octanol–water partition coefficient (Wildman–Crippen LogP) is 6.46. The molecule has 6 aromatic rings. The van der Waals surface area contributed by atoms with E-state index in [4.69, 9.17) is 24.7 Å². The van der Waals surface area contributed by atoms with Crippen LogP contribution in [0, 0.1) is 0 Å². The fraction of sp³-hybridized carbons (Fsp3) is 0.458. The zero-order chi connectivity index (χ0) is 56.9. The average Bonchev–Trinajstić information content (AvgIpc) is 4.21. The molecule has 2 aromatic heterocycles. The van der Waals surface area contributed by atoms with E-state index in [1.807, 2.05) is 130 Å². The summed E-state index contributed by atoms with van der Waals surface area (Å²) in [4.78, 5) is 50.7. The number of hydrogen-bond acceptors (Lipinski definition) is 14. The number of hydrogen-bond donors (Lipinski definition) is 6. The number of nitrogens with one attached hydrogen (secondary N) is 4. The summed E-state index contributed by atoms with van der Waals surface area (Å²) < 4.78 is 27.0. The molecule has 0 bridgehead atoms. The van der Waals surface area contributed by atoms with Crippen molar-refractivity contribution in [3.8, 4) is 0 Å². The molecular formula is C59H77N11O9. The molecule has 2 unspecified atom stereocenters. The van der Waals surface area contributed by atoms with Gasteiger partial charge in [-0.2, -0.15) is 0 Å². The molecule has 0 aliphatic carbocycles. The van der Waals surface area contributed by atoms with Gasteiger partial charge in [0.1, 0.15) is 41.5 Å². The van der Waals surface area contributed by atoms with Crippen LogP contribution in [0.5, 0.6) is 0 Å². The second-order valence-electron chi connectivity index (χ2n) is 22.4. The van der Waals surface area contributed by atoms with E-state index in [0.717, 1.165) is 33.9 Å². The maximum atomic E-state index is 13.5. The molecule has 422 valence electrons. The molecule has 0 spiro atoms. The largest absolute Gasteiger partial charge is 0.449 e. The van der Waals surface area contributed by atoms with Gasteiger partial charge >= 0.3 is 12.2 Å². The Bertz CT molecular complexity index is 2940. The molecular weight excluding hydrogens is 1010 g/mol. The second-order valence-corrected chi connectivity index (χ2v) is 22.4. The molecule has 0 fully saturated rings. The number of nitrogens with two attached hydrogens (primary N) is 1. The van der Waals surface area contributed by atoms with Crippen LogP contribution in [0.4, 0.5) is 9.59 Å². The van der Waals surface area contributed by atoms with E-state index in [0.29, 0.717) is 63.6 Å². The summed E-state index contributed by atoms with van der Waals surface area (Å²) in [6, 6.07) is 38.4. The normalized spacial score (nSPS) is 17.8. The molecule has 2 aliphatic heterocycles. The minimum Gasteiger partial charge on any atom is -0.449 e. The number of nitrogens with zero attached hydrogens (tertiary/aromatic N) is 6. The topological polar surface area (TPSA) is 261 Å². The Morgan fingerprint density at radius 2 is 1.05 bits per heavy atom. The Balaban J connectivity index is 0.000000229. The fourth-order valence-electron chi connectivity index (χ4n) is 9.58. The van der Waals surface area contributed by atoms with Crippen LogP contribution in [0.25, 0.3) is 0 Å². The standard InChI is InChI=1S/C31H41N5O5.C28H36N6O4/c1-29(2,3)41-28(39)33-30(4,5)27(38)32-24(20-40-19-22-12-8-6-9-13-22)26-35-34-25-18-31(21-37,16-17-36(25)26)23-14-10-7-11-15-23;1-27(2,29)25(35)31-22(18-37-17-20-10-6-4-7-11-20)24-33-32-23-16-28(14-15-34(23)24,19-38-26(36)30-3)21-12-8-5-9-13-21/h6-15,24,37H,16-21H2,1-5H3,(H,32,38)(H,33,39);4-13,22H,14-19,29H2,1-3H3,(H,30,36)(H,31,35)/t24-,31?;22-,28?/m11/s1. The highest BCUT2D eigenvalue weighted by molar-refractivity contribution is 5.89. The van der Waals surface area contributed by atoms with Crippen molar-refractivity contribution in [2.24, 2.45) is 5.73 Å². The van der Waals surface area contributed by atoms with Gasteiger partial charge in [-0.15, -0.1) is 20.4 Å². The molecule has 4 atom stereocenters. The predicted molar refractivity (Wildman–Crippen MR) is 296 cm³/mol. The fourth-order valence-corrected chi connectivity index (χ4v) is 9.58. The summed E-state index contributed by atoms with van der Waals surface area (Å²) >= 11 is 0. The first-order chi connectivity index (χ1) is 37.6. The highest BCUT2D eigenvalue weighted by Crippen LogP contribution is 2.39. The average molecular weight is 1080 g/mol. The van der Waals surface area contributed by atoms with Crippen LogP contribution >= 0.6 is 0 Å². The van der Waals surface area contributed by atoms with E-state index >= 15 is 0 Å². The lowest BCUT2D eigenvalue weighted by atomic mass is 9.73. The maximum Gasteiger partial charge on any atom is 0.408 e. The molecule has 79 heavy (non-hydrogen) atoms. The lowest BCUT2D eigenvalue weighted by Gasteiger charge is -2.37. The molecule has 4 heterocycles. The molecule has 4 aromatic carbocycles. The van der Waals surface area contributed by atoms with E-state index in [9.17, 15) is 24.3 Å². The van der Waals surface area contributed by atoms with Gasteiger partial charge in [0.2, 0.25) is 11.8 Å². The van der Waals surface area contributed by atoms with Crippen LogP contribution in [0.1, 0.15) is 119 Å². The number of ether oxygens (including phenoxy) is 4. The van der Waals surface area contributed by atoms with Crippen LogP contribution in [0.3, 0.4) is 0 Å². The number of fused-ring (bicyclic) bond motifs is 2. The van der Waals surface area contributed by atoms with E-state index in [1.54, 1.807) is 48.5 Å². The zero-order valence-electron chi connectivity index (χ0n) is 46.7. The van der Waals surface area contributed by atoms with Crippen LogP contribution < -0.4 is 27.0 Å². The van der Waals surface area contributed by atoms with Gasteiger partial charge in [0.25, 0.3) is 0 Å². The summed E-state index contributed by atoms with van der Waals surface area (Å²) in [7, 11) is 1.54. The van der Waals surface area contributed by atoms with Gasteiger partial charge in [0.05, 0.1) is 38.6 Å². The summed E-state index contributed by atoms with van der Waals surface area (Å²) in [6.45, 7) is 14.3. The molecule has 8 rings (SSSR count). The van der Waals surface area contributed by atoms with E-state index in [1.165, 1.54) is 7.05 Å². The lowest BCUT2D eigenvalue weighted by Crippen LogP contribution is -2.56. The Kier molecular flexibility index (Phi) is 19.4. The van der Waals surface area contributed by atoms with Crippen molar-refractivity contribution in [2.75, 3.05) is 33.5 Å². The number of alkyl carbamates (subject to hydrolysis) is 2. The maximum absolute atomic E-state index is 13.5. The summed E-state index contributed by atoms with van der Waals surface area (Å²) in [5.41, 5.74) is 6.28. The Morgan fingerprint density at radius 3 is 1.49 bits per heavy atom. The van der Waals surface area contributed by atoms with E-state index in [2.05, 4.69) is 41.7 Å². The number of aliphatic hydroxyl groups is 1. The van der Waals surface area contributed by atoms with Gasteiger partial charge in [-0.05, 0) is 83.6 Å². The van der Waals surface area contributed by atoms with Crippen LogP contribution in [-0.2, 0) is 78.5 Å². The molecule has 20 heteroatoms. The minimum atomic E-state index is -1.27.